The van der Waals surface area contributed by atoms with Gasteiger partial charge in [-0.25, -0.2) is 5.43 Å². The topological polar surface area (TPSA) is 41.3 Å². The van der Waals surface area contributed by atoms with Gasteiger partial charge in [-0.1, -0.05) is 18.2 Å². The van der Waals surface area contributed by atoms with E-state index in [1.54, 1.807) is 0 Å². The lowest BCUT2D eigenvalue weighted by atomic mass is 10.2. The Labute approximate surface area is 77.8 Å². The molecule has 2 rings (SSSR count). The van der Waals surface area contributed by atoms with Crippen molar-refractivity contribution in [2.75, 3.05) is 5.01 Å². The van der Waals surface area contributed by atoms with Gasteiger partial charge in [-0.3, -0.25) is 5.01 Å². The fourth-order valence-corrected chi connectivity index (χ4v) is 1.30. The first-order chi connectivity index (χ1) is 6.17. The fraction of sp³-hybridized carbons (Fsp3) is 0.200. The Morgan fingerprint density at radius 2 is 2.00 bits per heavy atom. The number of anilines is 1. The molecule has 1 aliphatic rings. The molecule has 0 amide bonds. The Morgan fingerprint density at radius 3 is 2.54 bits per heavy atom. The molecule has 0 fully saturated rings. The van der Waals surface area contributed by atoms with Gasteiger partial charge in [0.1, 0.15) is 5.66 Å². The van der Waals surface area contributed by atoms with E-state index in [2.05, 4.69) is 5.43 Å². The van der Waals surface area contributed by atoms with E-state index < -0.39 is 5.66 Å². The molecule has 0 saturated carbocycles. The molecule has 1 aliphatic heterocycles. The van der Waals surface area contributed by atoms with Gasteiger partial charge < -0.3 is 5.73 Å². The summed E-state index contributed by atoms with van der Waals surface area (Å²) in [6.07, 6.45) is 3.87. The summed E-state index contributed by atoms with van der Waals surface area (Å²) in [7, 11) is 0. The van der Waals surface area contributed by atoms with Crippen molar-refractivity contribution in [1.82, 2.24) is 5.43 Å². The summed E-state index contributed by atoms with van der Waals surface area (Å²) in [4.78, 5) is 0. The molecule has 1 atom stereocenters. The molecule has 0 aliphatic carbocycles. The molecule has 0 bridgehead atoms. The van der Waals surface area contributed by atoms with Crippen LogP contribution in [0.25, 0.3) is 0 Å². The number of rotatable bonds is 1. The van der Waals surface area contributed by atoms with Crippen LogP contribution in [-0.2, 0) is 0 Å². The molecule has 1 unspecified atom stereocenters. The zero-order valence-electron chi connectivity index (χ0n) is 7.57. The summed E-state index contributed by atoms with van der Waals surface area (Å²) in [5.74, 6) is 0. The van der Waals surface area contributed by atoms with E-state index in [1.165, 1.54) is 0 Å². The van der Waals surface area contributed by atoms with Gasteiger partial charge in [0.2, 0.25) is 0 Å². The zero-order valence-corrected chi connectivity index (χ0v) is 7.57. The molecule has 3 N–H and O–H groups in total. The van der Waals surface area contributed by atoms with Gasteiger partial charge >= 0.3 is 0 Å². The van der Waals surface area contributed by atoms with E-state index >= 15 is 0 Å². The van der Waals surface area contributed by atoms with Crippen molar-refractivity contribution < 1.29 is 0 Å². The maximum Gasteiger partial charge on any atom is 0.102 e. The highest BCUT2D eigenvalue weighted by Gasteiger charge is 2.22. The maximum absolute atomic E-state index is 5.87. The average Bonchev–Trinajstić information content (AvgIpc) is 2.48. The monoisotopic (exact) mass is 175 g/mol. The van der Waals surface area contributed by atoms with Gasteiger partial charge in [-0.2, -0.15) is 0 Å². The number of benzene rings is 1. The first-order valence-electron chi connectivity index (χ1n) is 4.28. The number of hydrazine groups is 1. The Hall–Kier alpha value is -1.32. The Morgan fingerprint density at radius 1 is 1.31 bits per heavy atom. The third kappa shape index (κ3) is 1.71. The Kier molecular flexibility index (Phi) is 1.83. The van der Waals surface area contributed by atoms with Crippen LogP contribution in [0.1, 0.15) is 6.92 Å². The van der Waals surface area contributed by atoms with Crippen molar-refractivity contribution in [1.29, 1.82) is 0 Å². The highest BCUT2D eigenvalue weighted by molar-refractivity contribution is 5.49. The highest BCUT2D eigenvalue weighted by Crippen LogP contribution is 2.17. The second-order valence-electron chi connectivity index (χ2n) is 3.42. The van der Waals surface area contributed by atoms with E-state index in [1.807, 2.05) is 54.5 Å². The van der Waals surface area contributed by atoms with Crippen LogP contribution in [0.2, 0.25) is 0 Å². The number of para-hydroxylation sites is 1. The summed E-state index contributed by atoms with van der Waals surface area (Å²) < 4.78 is 0. The Balaban J connectivity index is 2.19. The van der Waals surface area contributed by atoms with Crippen LogP contribution >= 0.6 is 0 Å². The van der Waals surface area contributed by atoms with Crippen LogP contribution < -0.4 is 16.2 Å². The lowest BCUT2D eigenvalue weighted by molar-refractivity contribution is 0.487. The molecule has 3 nitrogen and oxygen atoms in total. The summed E-state index contributed by atoms with van der Waals surface area (Å²) >= 11 is 0. The minimum Gasteiger partial charge on any atom is -0.309 e. The quantitative estimate of drug-likeness (QED) is 0.674. The molecule has 3 heteroatoms. The van der Waals surface area contributed by atoms with E-state index in [0.29, 0.717) is 0 Å². The lowest BCUT2D eigenvalue weighted by Crippen LogP contribution is -2.51. The van der Waals surface area contributed by atoms with Gasteiger partial charge in [-0.15, -0.1) is 0 Å². The SMILES string of the molecule is CC1(N)C=CN(c2ccccc2)N1. The number of hydrogen-bond donors (Lipinski definition) is 2. The largest absolute Gasteiger partial charge is 0.309 e. The second kappa shape index (κ2) is 2.87. The zero-order chi connectivity index (χ0) is 9.31. The minimum absolute atomic E-state index is 0.435. The molecule has 0 aromatic heterocycles. The minimum atomic E-state index is -0.435. The first kappa shape index (κ1) is 8.29. The average molecular weight is 175 g/mol. The molecular weight excluding hydrogens is 162 g/mol. The Bertz CT molecular complexity index is 316. The van der Waals surface area contributed by atoms with Gasteiger partial charge in [0, 0.05) is 6.20 Å². The summed E-state index contributed by atoms with van der Waals surface area (Å²) in [6.45, 7) is 1.92. The van der Waals surface area contributed by atoms with Crippen molar-refractivity contribution in [2.45, 2.75) is 12.6 Å². The molecule has 1 aromatic carbocycles. The standard InChI is InChI=1S/C10H13N3/c1-10(11)7-8-13(12-10)9-5-3-2-4-6-9/h2-8,12H,11H2,1H3. The third-order valence-electron chi connectivity index (χ3n) is 1.97. The van der Waals surface area contributed by atoms with Crippen LogP contribution in [0.3, 0.4) is 0 Å². The lowest BCUT2D eigenvalue weighted by Gasteiger charge is -2.23. The van der Waals surface area contributed by atoms with Gasteiger partial charge in [0.05, 0.1) is 5.69 Å². The van der Waals surface area contributed by atoms with Crippen molar-refractivity contribution in [2.24, 2.45) is 5.73 Å². The normalized spacial score (nSPS) is 26.8. The summed E-state index contributed by atoms with van der Waals surface area (Å²) in [5.41, 5.74) is 9.67. The molecule has 0 saturated heterocycles. The molecule has 0 spiro atoms. The third-order valence-corrected chi connectivity index (χ3v) is 1.97. The van der Waals surface area contributed by atoms with Crippen LogP contribution in [0.15, 0.2) is 42.6 Å². The second-order valence-corrected chi connectivity index (χ2v) is 3.42. The van der Waals surface area contributed by atoms with E-state index in [-0.39, 0.29) is 0 Å². The van der Waals surface area contributed by atoms with Crippen LogP contribution in [0, 0.1) is 0 Å². The maximum atomic E-state index is 5.87. The van der Waals surface area contributed by atoms with Crippen molar-refractivity contribution >= 4 is 5.69 Å². The molecule has 1 heterocycles. The van der Waals surface area contributed by atoms with Gasteiger partial charge in [0.15, 0.2) is 0 Å². The van der Waals surface area contributed by atoms with Gasteiger partial charge in [-0.05, 0) is 25.1 Å². The van der Waals surface area contributed by atoms with Crippen LogP contribution in [0.4, 0.5) is 5.69 Å². The van der Waals surface area contributed by atoms with E-state index in [4.69, 9.17) is 5.73 Å². The van der Waals surface area contributed by atoms with Crippen LogP contribution in [0.5, 0.6) is 0 Å². The molecule has 68 valence electrons. The number of hydrogen-bond acceptors (Lipinski definition) is 3. The number of nitrogens with zero attached hydrogens (tertiary/aromatic N) is 1. The van der Waals surface area contributed by atoms with E-state index in [0.717, 1.165) is 5.69 Å². The summed E-state index contributed by atoms with van der Waals surface area (Å²) in [6, 6.07) is 10.0. The highest BCUT2D eigenvalue weighted by atomic mass is 15.6. The molecule has 1 aromatic rings. The van der Waals surface area contributed by atoms with Crippen molar-refractivity contribution in [3.63, 3.8) is 0 Å². The van der Waals surface area contributed by atoms with Gasteiger partial charge in [0.25, 0.3) is 0 Å². The smallest absolute Gasteiger partial charge is 0.102 e. The molecule has 0 radical (unpaired) electrons. The molecular formula is C10H13N3. The fourth-order valence-electron chi connectivity index (χ4n) is 1.30. The predicted molar refractivity (Wildman–Crippen MR) is 53.8 cm³/mol. The number of nitrogens with one attached hydrogen (secondary N) is 1. The predicted octanol–water partition coefficient (Wildman–Crippen LogP) is 1.20. The number of nitrogens with two attached hydrogens (primary N) is 1. The van der Waals surface area contributed by atoms with Crippen LogP contribution in [-0.4, -0.2) is 5.66 Å². The van der Waals surface area contributed by atoms with Crippen molar-refractivity contribution in [3.8, 4) is 0 Å². The first-order valence-corrected chi connectivity index (χ1v) is 4.28. The van der Waals surface area contributed by atoms with Crippen molar-refractivity contribution in [3.05, 3.63) is 42.6 Å². The molecule has 13 heavy (non-hydrogen) atoms. The van der Waals surface area contributed by atoms with E-state index in [9.17, 15) is 0 Å². The summed E-state index contributed by atoms with van der Waals surface area (Å²) in [5, 5.41) is 1.92.